The molecule has 1 aromatic rings. The summed E-state index contributed by atoms with van der Waals surface area (Å²) in [6.07, 6.45) is 1.17. The second-order valence-electron chi connectivity index (χ2n) is 5.72. The Morgan fingerprint density at radius 2 is 1.93 bits per heavy atom. The Kier molecular flexibility index (Phi) is 2.59. The van der Waals surface area contributed by atoms with Crippen molar-refractivity contribution < 1.29 is 0 Å². The maximum absolute atomic E-state index is 3.52. The minimum absolute atomic E-state index is 0.262. The molecule has 0 saturated carbocycles. The van der Waals surface area contributed by atoms with Crippen molar-refractivity contribution in [3.05, 3.63) is 34.9 Å². The summed E-state index contributed by atoms with van der Waals surface area (Å²) >= 11 is 0. The Balaban J connectivity index is 2.35. The molecule has 1 aromatic carbocycles. The van der Waals surface area contributed by atoms with Crippen LogP contribution in [-0.2, 0) is 18.4 Å². The lowest BCUT2D eigenvalue weighted by Gasteiger charge is -2.26. The van der Waals surface area contributed by atoms with Gasteiger partial charge in [0.2, 0.25) is 0 Å². The van der Waals surface area contributed by atoms with Gasteiger partial charge in [-0.1, -0.05) is 39.0 Å². The fourth-order valence-electron chi connectivity index (χ4n) is 2.14. The van der Waals surface area contributed by atoms with E-state index in [0.717, 1.165) is 6.54 Å². The van der Waals surface area contributed by atoms with Crippen LogP contribution in [-0.4, -0.2) is 6.04 Å². The monoisotopic (exact) mass is 203 g/mol. The van der Waals surface area contributed by atoms with Gasteiger partial charge in [0.05, 0.1) is 0 Å². The quantitative estimate of drug-likeness (QED) is 0.683. The van der Waals surface area contributed by atoms with Gasteiger partial charge < -0.3 is 5.32 Å². The summed E-state index contributed by atoms with van der Waals surface area (Å²) in [4.78, 5) is 0. The molecule has 1 aliphatic heterocycles. The van der Waals surface area contributed by atoms with E-state index in [0.29, 0.717) is 6.04 Å². The lowest BCUT2D eigenvalue weighted by molar-refractivity contribution is 0.510. The minimum atomic E-state index is 0.262. The van der Waals surface area contributed by atoms with Crippen LogP contribution in [0.25, 0.3) is 0 Å². The molecular formula is C14H21N. The zero-order valence-electron chi connectivity index (χ0n) is 10.2. The summed E-state index contributed by atoms with van der Waals surface area (Å²) in [6.45, 7) is 10.1. The van der Waals surface area contributed by atoms with Crippen molar-refractivity contribution in [2.75, 3.05) is 0 Å². The van der Waals surface area contributed by atoms with E-state index in [9.17, 15) is 0 Å². The summed E-state index contributed by atoms with van der Waals surface area (Å²) < 4.78 is 0. The predicted molar refractivity (Wildman–Crippen MR) is 65.1 cm³/mol. The molecule has 0 saturated heterocycles. The summed E-state index contributed by atoms with van der Waals surface area (Å²) in [6, 6.07) is 7.59. The maximum Gasteiger partial charge on any atom is 0.0210 e. The zero-order valence-corrected chi connectivity index (χ0v) is 10.2. The first-order valence-corrected chi connectivity index (χ1v) is 5.82. The lowest BCUT2D eigenvalue weighted by Crippen LogP contribution is -2.33. The van der Waals surface area contributed by atoms with Crippen LogP contribution in [0.15, 0.2) is 18.2 Å². The molecule has 0 amide bonds. The first-order chi connectivity index (χ1) is 6.97. The number of benzene rings is 1. The molecule has 15 heavy (non-hydrogen) atoms. The molecule has 0 fully saturated rings. The third kappa shape index (κ3) is 2.23. The second kappa shape index (κ2) is 3.64. The van der Waals surface area contributed by atoms with Gasteiger partial charge in [0.25, 0.3) is 0 Å². The highest BCUT2D eigenvalue weighted by atomic mass is 14.9. The molecule has 1 aliphatic rings. The van der Waals surface area contributed by atoms with Gasteiger partial charge in [-0.15, -0.1) is 0 Å². The first-order valence-electron chi connectivity index (χ1n) is 5.82. The van der Waals surface area contributed by atoms with Crippen molar-refractivity contribution in [3.8, 4) is 0 Å². The van der Waals surface area contributed by atoms with Gasteiger partial charge in [-0.25, -0.2) is 0 Å². The molecule has 1 heteroatoms. The van der Waals surface area contributed by atoms with Gasteiger partial charge >= 0.3 is 0 Å². The third-order valence-electron chi connectivity index (χ3n) is 3.24. The van der Waals surface area contributed by atoms with Crippen molar-refractivity contribution >= 4 is 0 Å². The third-order valence-corrected chi connectivity index (χ3v) is 3.24. The molecule has 0 radical (unpaired) electrons. The van der Waals surface area contributed by atoms with Crippen molar-refractivity contribution in [2.45, 2.75) is 52.1 Å². The molecule has 1 atom stereocenters. The molecule has 82 valence electrons. The largest absolute Gasteiger partial charge is 0.310 e. The number of nitrogens with one attached hydrogen (secondary N) is 1. The molecule has 1 N–H and O–H groups in total. The molecule has 0 aliphatic carbocycles. The van der Waals surface area contributed by atoms with Gasteiger partial charge in [-0.3, -0.25) is 0 Å². The highest BCUT2D eigenvalue weighted by Crippen LogP contribution is 2.26. The van der Waals surface area contributed by atoms with Crippen LogP contribution in [0.1, 0.15) is 44.4 Å². The van der Waals surface area contributed by atoms with Gasteiger partial charge in [0.1, 0.15) is 0 Å². The van der Waals surface area contributed by atoms with E-state index in [4.69, 9.17) is 0 Å². The fourth-order valence-corrected chi connectivity index (χ4v) is 2.14. The highest BCUT2D eigenvalue weighted by Gasteiger charge is 2.18. The number of rotatable bonds is 0. The van der Waals surface area contributed by atoms with E-state index in [-0.39, 0.29) is 5.41 Å². The SMILES string of the molecule is CC1Cc2ccc(C(C)(C)C)cc2CN1. The average molecular weight is 203 g/mol. The van der Waals surface area contributed by atoms with Crippen molar-refractivity contribution in [1.29, 1.82) is 0 Å². The normalized spacial score (nSPS) is 21.2. The van der Waals surface area contributed by atoms with Gasteiger partial charge in [-0.2, -0.15) is 0 Å². The Morgan fingerprint density at radius 1 is 1.20 bits per heavy atom. The van der Waals surface area contributed by atoms with Gasteiger partial charge in [0.15, 0.2) is 0 Å². The molecule has 2 rings (SSSR count). The summed E-state index contributed by atoms with van der Waals surface area (Å²) in [7, 11) is 0. The van der Waals surface area contributed by atoms with Gasteiger partial charge in [-0.05, 0) is 35.4 Å². The topological polar surface area (TPSA) is 12.0 Å². The van der Waals surface area contributed by atoms with E-state index in [1.54, 1.807) is 0 Å². The van der Waals surface area contributed by atoms with E-state index < -0.39 is 0 Å². The smallest absolute Gasteiger partial charge is 0.0210 e. The molecule has 0 spiro atoms. The Labute approximate surface area is 92.9 Å². The Bertz CT molecular complexity index is 360. The number of hydrogen-bond acceptors (Lipinski definition) is 1. The maximum atomic E-state index is 3.52. The van der Waals surface area contributed by atoms with Crippen molar-refractivity contribution in [1.82, 2.24) is 5.32 Å². The van der Waals surface area contributed by atoms with Crippen LogP contribution in [0.3, 0.4) is 0 Å². The molecule has 0 bridgehead atoms. The Morgan fingerprint density at radius 3 is 2.60 bits per heavy atom. The van der Waals surface area contributed by atoms with Crippen LogP contribution < -0.4 is 5.32 Å². The number of fused-ring (bicyclic) bond motifs is 1. The predicted octanol–water partition coefficient (Wildman–Crippen LogP) is 3.02. The second-order valence-corrected chi connectivity index (χ2v) is 5.72. The lowest BCUT2D eigenvalue weighted by atomic mass is 9.84. The average Bonchev–Trinajstić information content (AvgIpc) is 2.15. The first kappa shape index (κ1) is 10.7. The van der Waals surface area contributed by atoms with E-state index in [2.05, 4.69) is 51.2 Å². The fraction of sp³-hybridized carbons (Fsp3) is 0.571. The van der Waals surface area contributed by atoms with E-state index in [1.807, 2.05) is 0 Å². The van der Waals surface area contributed by atoms with E-state index in [1.165, 1.54) is 23.1 Å². The molecule has 1 unspecified atom stereocenters. The van der Waals surface area contributed by atoms with Crippen LogP contribution in [0.2, 0.25) is 0 Å². The van der Waals surface area contributed by atoms with Crippen LogP contribution in [0.5, 0.6) is 0 Å². The standard InChI is InChI=1S/C14H21N/c1-10-7-11-5-6-13(14(2,3)4)8-12(11)9-15-10/h5-6,8,10,15H,7,9H2,1-4H3. The van der Waals surface area contributed by atoms with Crippen LogP contribution in [0, 0.1) is 0 Å². The summed E-state index contributed by atoms with van der Waals surface area (Å²) in [5.74, 6) is 0. The Hall–Kier alpha value is -0.820. The molecule has 0 aromatic heterocycles. The molecular weight excluding hydrogens is 182 g/mol. The van der Waals surface area contributed by atoms with Crippen LogP contribution in [0.4, 0.5) is 0 Å². The number of hydrogen-bond donors (Lipinski definition) is 1. The van der Waals surface area contributed by atoms with E-state index >= 15 is 0 Å². The molecule has 1 nitrogen and oxygen atoms in total. The zero-order chi connectivity index (χ0) is 11.1. The van der Waals surface area contributed by atoms with Crippen molar-refractivity contribution in [2.24, 2.45) is 0 Å². The minimum Gasteiger partial charge on any atom is -0.310 e. The van der Waals surface area contributed by atoms with Crippen molar-refractivity contribution in [3.63, 3.8) is 0 Å². The molecule has 1 heterocycles. The summed E-state index contributed by atoms with van der Waals surface area (Å²) in [5.41, 5.74) is 4.71. The van der Waals surface area contributed by atoms with Gasteiger partial charge in [0, 0.05) is 12.6 Å². The van der Waals surface area contributed by atoms with Crippen LogP contribution >= 0.6 is 0 Å². The highest BCUT2D eigenvalue weighted by molar-refractivity contribution is 5.37. The summed E-state index contributed by atoms with van der Waals surface area (Å²) in [5, 5.41) is 3.52.